The minimum Gasteiger partial charge on any atom is -0.327 e. The number of rotatable bonds is 3. The van der Waals surface area contributed by atoms with Crippen LogP contribution in [-0.2, 0) is 4.79 Å². The lowest BCUT2D eigenvalue weighted by Gasteiger charge is -2.28. The number of allylic oxidation sites excluding steroid dienone is 1. The molecule has 1 aliphatic rings. The first-order valence-electron chi connectivity index (χ1n) is 7.86. The van der Waals surface area contributed by atoms with Gasteiger partial charge >= 0.3 is 6.03 Å². The topological polar surface area (TPSA) is 70.2 Å². The highest BCUT2D eigenvalue weighted by Gasteiger charge is 2.31. The number of hydrogen-bond donors (Lipinski definition) is 3. The smallest absolute Gasteiger partial charge is 0.319 e. The summed E-state index contributed by atoms with van der Waals surface area (Å²) >= 11 is 6.03. The van der Waals surface area contributed by atoms with Gasteiger partial charge in [0.1, 0.15) is 0 Å². The largest absolute Gasteiger partial charge is 0.327 e. The van der Waals surface area contributed by atoms with Crippen molar-refractivity contribution in [1.29, 1.82) is 0 Å². The second-order valence-corrected chi connectivity index (χ2v) is 6.33. The Morgan fingerprint density at radius 3 is 2.56 bits per heavy atom. The molecule has 0 radical (unpaired) electrons. The third-order valence-corrected chi connectivity index (χ3v) is 4.33. The minimum absolute atomic E-state index is 0.288. The van der Waals surface area contributed by atoms with Crippen molar-refractivity contribution in [3.05, 3.63) is 76.0 Å². The SMILES string of the molecule is CC1=C(C(=O)Nc2cc(Cl)ccc2C)C(c2ccccc2)NC(=O)N1. The molecule has 128 valence electrons. The molecule has 0 bridgehead atoms. The molecule has 3 rings (SSSR count). The molecule has 2 aromatic carbocycles. The van der Waals surface area contributed by atoms with E-state index in [1.807, 2.05) is 43.3 Å². The third kappa shape index (κ3) is 3.67. The molecular weight excluding hydrogens is 338 g/mol. The van der Waals surface area contributed by atoms with E-state index in [2.05, 4.69) is 16.0 Å². The molecule has 1 aliphatic heterocycles. The fourth-order valence-corrected chi connectivity index (χ4v) is 2.98. The second-order valence-electron chi connectivity index (χ2n) is 5.89. The highest BCUT2D eigenvalue weighted by Crippen LogP contribution is 2.28. The Hall–Kier alpha value is -2.79. The van der Waals surface area contributed by atoms with Gasteiger partial charge in [0.25, 0.3) is 5.91 Å². The number of nitrogens with one attached hydrogen (secondary N) is 3. The number of anilines is 1. The fraction of sp³-hybridized carbons (Fsp3) is 0.158. The summed E-state index contributed by atoms with van der Waals surface area (Å²) in [5.41, 5.74) is 3.37. The van der Waals surface area contributed by atoms with Crippen molar-refractivity contribution in [2.45, 2.75) is 19.9 Å². The van der Waals surface area contributed by atoms with Crippen molar-refractivity contribution >= 4 is 29.2 Å². The Morgan fingerprint density at radius 1 is 1.12 bits per heavy atom. The maximum absolute atomic E-state index is 12.9. The molecule has 5 nitrogen and oxygen atoms in total. The van der Waals surface area contributed by atoms with E-state index in [0.717, 1.165) is 11.1 Å². The van der Waals surface area contributed by atoms with Crippen LogP contribution < -0.4 is 16.0 Å². The van der Waals surface area contributed by atoms with Gasteiger partial charge in [-0.1, -0.05) is 48.0 Å². The summed E-state index contributed by atoms with van der Waals surface area (Å²) in [6, 6.07) is 13.8. The van der Waals surface area contributed by atoms with E-state index in [9.17, 15) is 9.59 Å². The summed E-state index contributed by atoms with van der Waals surface area (Å²) in [6.45, 7) is 3.61. The molecule has 25 heavy (non-hydrogen) atoms. The number of hydrogen-bond acceptors (Lipinski definition) is 2. The van der Waals surface area contributed by atoms with Gasteiger partial charge in [0, 0.05) is 16.4 Å². The van der Waals surface area contributed by atoms with Crippen molar-refractivity contribution in [1.82, 2.24) is 10.6 Å². The van der Waals surface area contributed by atoms with E-state index in [1.165, 1.54) is 0 Å². The van der Waals surface area contributed by atoms with Gasteiger partial charge in [0.05, 0.1) is 11.6 Å². The number of halogens is 1. The van der Waals surface area contributed by atoms with Gasteiger partial charge in [-0.25, -0.2) is 4.79 Å². The molecule has 1 heterocycles. The van der Waals surface area contributed by atoms with Crippen LogP contribution in [0.5, 0.6) is 0 Å². The van der Waals surface area contributed by atoms with Gasteiger partial charge in [-0.2, -0.15) is 0 Å². The minimum atomic E-state index is -0.519. The Morgan fingerprint density at radius 2 is 1.84 bits per heavy atom. The third-order valence-electron chi connectivity index (χ3n) is 4.09. The fourth-order valence-electron chi connectivity index (χ4n) is 2.81. The maximum Gasteiger partial charge on any atom is 0.319 e. The molecule has 0 aliphatic carbocycles. The van der Waals surface area contributed by atoms with Crippen LogP contribution >= 0.6 is 11.6 Å². The van der Waals surface area contributed by atoms with Crippen molar-refractivity contribution in [3.8, 4) is 0 Å². The van der Waals surface area contributed by atoms with E-state index in [4.69, 9.17) is 11.6 Å². The van der Waals surface area contributed by atoms with Gasteiger partial charge in [-0.15, -0.1) is 0 Å². The van der Waals surface area contributed by atoms with E-state index >= 15 is 0 Å². The molecule has 0 saturated carbocycles. The Kier molecular flexibility index (Phi) is 4.76. The van der Waals surface area contributed by atoms with E-state index < -0.39 is 6.04 Å². The average Bonchev–Trinajstić information content (AvgIpc) is 2.58. The first kappa shape index (κ1) is 17.0. The van der Waals surface area contributed by atoms with E-state index in [1.54, 1.807) is 19.1 Å². The molecule has 0 saturated heterocycles. The molecule has 0 fully saturated rings. The highest BCUT2D eigenvalue weighted by molar-refractivity contribution is 6.31. The number of carbonyl (C=O) groups is 2. The molecule has 1 atom stereocenters. The number of urea groups is 1. The number of benzene rings is 2. The van der Waals surface area contributed by atoms with Gasteiger partial charge in [0.2, 0.25) is 0 Å². The van der Waals surface area contributed by atoms with Crippen LogP contribution in [0.3, 0.4) is 0 Å². The van der Waals surface area contributed by atoms with Gasteiger partial charge in [-0.05, 0) is 37.1 Å². The predicted molar refractivity (Wildman–Crippen MR) is 98.4 cm³/mol. The molecular formula is C19H18ClN3O2. The van der Waals surface area contributed by atoms with E-state index in [-0.39, 0.29) is 11.9 Å². The molecule has 3 N–H and O–H groups in total. The summed E-state index contributed by atoms with van der Waals surface area (Å²) < 4.78 is 0. The summed E-state index contributed by atoms with van der Waals surface area (Å²) in [6.07, 6.45) is 0. The zero-order valence-corrected chi connectivity index (χ0v) is 14.6. The van der Waals surface area contributed by atoms with Crippen molar-refractivity contribution < 1.29 is 9.59 Å². The Balaban J connectivity index is 1.96. The zero-order valence-electron chi connectivity index (χ0n) is 13.9. The first-order chi connectivity index (χ1) is 12.0. The van der Waals surface area contributed by atoms with Gasteiger partial charge in [-0.3, -0.25) is 4.79 Å². The lowest BCUT2D eigenvalue weighted by atomic mass is 9.95. The van der Waals surface area contributed by atoms with Crippen LogP contribution in [0.15, 0.2) is 59.8 Å². The van der Waals surface area contributed by atoms with Crippen LogP contribution in [-0.4, -0.2) is 11.9 Å². The highest BCUT2D eigenvalue weighted by atomic mass is 35.5. The zero-order chi connectivity index (χ0) is 18.0. The molecule has 1 unspecified atom stereocenters. The normalized spacial score (nSPS) is 16.9. The molecule has 6 heteroatoms. The monoisotopic (exact) mass is 355 g/mol. The van der Waals surface area contributed by atoms with Crippen LogP contribution in [0.2, 0.25) is 5.02 Å². The predicted octanol–water partition coefficient (Wildman–Crippen LogP) is 3.92. The van der Waals surface area contributed by atoms with Crippen LogP contribution in [0.4, 0.5) is 10.5 Å². The van der Waals surface area contributed by atoms with Crippen molar-refractivity contribution in [2.75, 3.05) is 5.32 Å². The molecule has 3 amide bonds. The summed E-state index contributed by atoms with van der Waals surface area (Å²) in [4.78, 5) is 24.8. The van der Waals surface area contributed by atoms with Crippen molar-refractivity contribution in [2.24, 2.45) is 0 Å². The molecule has 0 spiro atoms. The number of carbonyl (C=O) groups excluding carboxylic acids is 2. The second kappa shape index (κ2) is 6.99. The van der Waals surface area contributed by atoms with Crippen LogP contribution in [0.25, 0.3) is 0 Å². The molecule has 0 aromatic heterocycles. The Labute approximate surface area is 151 Å². The summed E-state index contributed by atoms with van der Waals surface area (Å²) in [7, 11) is 0. The lowest BCUT2D eigenvalue weighted by Crippen LogP contribution is -2.46. The summed E-state index contributed by atoms with van der Waals surface area (Å²) in [5.74, 6) is -0.288. The Bertz CT molecular complexity index is 862. The van der Waals surface area contributed by atoms with Crippen LogP contribution in [0, 0.1) is 6.92 Å². The average molecular weight is 356 g/mol. The standard InChI is InChI=1S/C19H18ClN3O2/c1-11-8-9-14(20)10-15(11)22-18(24)16-12(2)21-19(25)23-17(16)13-6-4-3-5-7-13/h3-10,17H,1-2H3,(H,22,24)(H2,21,23,25). The van der Waals surface area contributed by atoms with Crippen molar-refractivity contribution in [3.63, 3.8) is 0 Å². The van der Waals surface area contributed by atoms with E-state index in [0.29, 0.717) is 22.0 Å². The van der Waals surface area contributed by atoms with Crippen LogP contribution in [0.1, 0.15) is 24.1 Å². The molecule has 2 aromatic rings. The summed E-state index contributed by atoms with van der Waals surface area (Å²) in [5, 5.41) is 8.91. The number of amides is 3. The quantitative estimate of drug-likeness (QED) is 0.781. The van der Waals surface area contributed by atoms with Gasteiger partial charge in [0.15, 0.2) is 0 Å². The number of aryl methyl sites for hydroxylation is 1. The lowest BCUT2D eigenvalue weighted by molar-refractivity contribution is -0.113. The first-order valence-corrected chi connectivity index (χ1v) is 8.24. The van der Waals surface area contributed by atoms with Gasteiger partial charge < -0.3 is 16.0 Å². The maximum atomic E-state index is 12.9.